The molecule has 1 rings (SSSR count). The number of carbonyl (C=O) groups excluding carboxylic acids is 2. The fraction of sp³-hybridized carbons (Fsp3) is 0.846. The van der Waals surface area contributed by atoms with E-state index in [4.69, 9.17) is 9.47 Å². The summed E-state index contributed by atoms with van der Waals surface area (Å²) in [6.45, 7) is 10.1. The number of ether oxygens (including phenoxy) is 2. The van der Waals surface area contributed by atoms with Gasteiger partial charge in [0.2, 0.25) is 5.91 Å². The molecule has 0 aromatic heterocycles. The predicted molar refractivity (Wildman–Crippen MR) is 70.9 cm³/mol. The van der Waals surface area contributed by atoms with Gasteiger partial charge in [0.25, 0.3) is 0 Å². The Bertz CT molecular complexity index is 317. The van der Waals surface area contributed by atoms with Crippen LogP contribution < -0.4 is 0 Å². The van der Waals surface area contributed by atoms with Crippen LogP contribution in [-0.2, 0) is 14.3 Å². The van der Waals surface area contributed by atoms with Crippen LogP contribution in [-0.4, -0.2) is 66.8 Å². The molecule has 0 aromatic carbocycles. The average molecular weight is 272 g/mol. The van der Waals surface area contributed by atoms with Crippen LogP contribution in [0.25, 0.3) is 0 Å². The lowest BCUT2D eigenvalue weighted by molar-refractivity contribution is -0.137. The number of carbonyl (C=O) groups is 2. The van der Waals surface area contributed by atoms with Crippen molar-refractivity contribution in [2.75, 3.05) is 39.4 Å². The van der Waals surface area contributed by atoms with Gasteiger partial charge in [0, 0.05) is 32.8 Å². The Balaban J connectivity index is 2.36. The summed E-state index contributed by atoms with van der Waals surface area (Å²) in [7, 11) is 0. The molecule has 0 radical (unpaired) electrons. The van der Waals surface area contributed by atoms with E-state index in [-0.39, 0.29) is 18.6 Å². The topological polar surface area (TPSA) is 59.1 Å². The molecule has 6 nitrogen and oxygen atoms in total. The van der Waals surface area contributed by atoms with Crippen molar-refractivity contribution in [2.24, 2.45) is 0 Å². The monoisotopic (exact) mass is 272 g/mol. The summed E-state index contributed by atoms with van der Waals surface area (Å²) in [5, 5.41) is 0. The molecule has 0 N–H and O–H groups in total. The lowest BCUT2D eigenvalue weighted by Crippen LogP contribution is -2.52. The zero-order valence-corrected chi connectivity index (χ0v) is 12.3. The quantitative estimate of drug-likeness (QED) is 0.772. The minimum atomic E-state index is -0.487. The van der Waals surface area contributed by atoms with Crippen molar-refractivity contribution in [2.45, 2.75) is 33.3 Å². The first-order valence-electron chi connectivity index (χ1n) is 6.67. The molecule has 0 aromatic rings. The molecule has 1 saturated heterocycles. The van der Waals surface area contributed by atoms with Gasteiger partial charge in [-0.3, -0.25) is 4.79 Å². The van der Waals surface area contributed by atoms with E-state index in [9.17, 15) is 9.59 Å². The van der Waals surface area contributed by atoms with Crippen LogP contribution in [0.4, 0.5) is 4.79 Å². The van der Waals surface area contributed by atoms with Gasteiger partial charge in [0.1, 0.15) is 12.2 Å². The van der Waals surface area contributed by atoms with Crippen LogP contribution in [0, 0.1) is 0 Å². The third kappa shape index (κ3) is 5.46. The maximum Gasteiger partial charge on any atom is 0.410 e. The van der Waals surface area contributed by atoms with Crippen LogP contribution in [0.15, 0.2) is 0 Å². The van der Waals surface area contributed by atoms with Crippen molar-refractivity contribution < 1.29 is 19.1 Å². The van der Waals surface area contributed by atoms with E-state index in [1.807, 2.05) is 27.7 Å². The molecule has 0 atom stereocenters. The number of hydrogen-bond acceptors (Lipinski definition) is 4. The second-order valence-electron chi connectivity index (χ2n) is 5.49. The van der Waals surface area contributed by atoms with E-state index in [0.29, 0.717) is 32.8 Å². The number of rotatable bonds is 3. The Morgan fingerprint density at radius 2 is 1.58 bits per heavy atom. The molecule has 6 heteroatoms. The molecule has 2 amide bonds. The average Bonchev–Trinajstić information content (AvgIpc) is 2.34. The second kappa shape index (κ2) is 6.75. The molecule has 19 heavy (non-hydrogen) atoms. The van der Waals surface area contributed by atoms with Crippen LogP contribution >= 0.6 is 0 Å². The zero-order valence-electron chi connectivity index (χ0n) is 12.3. The van der Waals surface area contributed by atoms with Crippen molar-refractivity contribution >= 4 is 12.0 Å². The molecular weight excluding hydrogens is 248 g/mol. The van der Waals surface area contributed by atoms with Gasteiger partial charge in [-0.05, 0) is 27.7 Å². The third-order valence-corrected chi connectivity index (χ3v) is 2.71. The summed E-state index contributed by atoms with van der Waals surface area (Å²) < 4.78 is 10.4. The lowest BCUT2D eigenvalue weighted by Gasteiger charge is -2.35. The summed E-state index contributed by atoms with van der Waals surface area (Å²) in [6.07, 6.45) is -0.315. The number of piperazine rings is 1. The summed E-state index contributed by atoms with van der Waals surface area (Å²) in [6, 6.07) is 0. The molecule has 0 spiro atoms. The van der Waals surface area contributed by atoms with Crippen LogP contribution in [0.1, 0.15) is 27.7 Å². The molecule has 0 unspecified atom stereocenters. The third-order valence-electron chi connectivity index (χ3n) is 2.71. The molecule has 1 fully saturated rings. The summed E-state index contributed by atoms with van der Waals surface area (Å²) in [5.74, 6) is -0.0225. The highest BCUT2D eigenvalue weighted by atomic mass is 16.6. The van der Waals surface area contributed by atoms with E-state index in [0.717, 1.165) is 0 Å². The predicted octanol–water partition coefficient (Wildman–Crippen LogP) is 1.10. The Morgan fingerprint density at radius 3 is 2.05 bits per heavy atom. The number of nitrogens with zero attached hydrogens (tertiary/aromatic N) is 2. The second-order valence-corrected chi connectivity index (χ2v) is 5.49. The van der Waals surface area contributed by atoms with Gasteiger partial charge in [-0.15, -0.1) is 0 Å². The van der Waals surface area contributed by atoms with E-state index >= 15 is 0 Å². The highest BCUT2D eigenvalue weighted by molar-refractivity contribution is 5.78. The SMILES string of the molecule is CCOCC(=O)N1CCN(C(=O)OC(C)(C)C)CC1. The maximum atomic E-state index is 11.8. The molecule has 1 aliphatic rings. The van der Waals surface area contributed by atoms with Crippen molar-refractivity contribution in [1.29, 1.82) is 0 Å². The Morgan fingerprint density at radius 1 is 1.05 bits per heavy atom. The summed E-state index contributed by atoms with van der Waals surface area (Å²) in [5.41, 5.74) is -0.487. The first-order chi connectivity index (χ1) is 8.83. The van der Waals surface area contributed by atoms with Crippen LogP contribution in [0.5, 0.6) is 0 Å². The Hall–Kier alpha value is -1.30. The van der Waals surface area contributed by atoms with Crippen molar-refractivity contribution in [1.82, 2.24) is 9.80 Å². The largest absolute Gasteiger partial charge is 0.444 e. The summed E-state index contributed by atoms with van der Waals surface area (Å²) >= 11 is 0. The zero-order chi connectivity index (χ0) is 14.5. The van der Waals surface area contributed by atoms with Gasteiger partial charge in [-0.2, -0.15) is 0 Å². The molecule has 110 valence electrons. The standard InChI is InChI=1S/C13H24N2O4/c1-5-18-10-11(16)14-6-8-15(9-7-14)12(17)19-13(2,3)4/h5-10H2,1-4H3. The van der Waals surface area contributed by atoms with Gasteiger partial charge in [-0.1, -0.05) is 0 Å². The van der Waals surface area contributed by atoms with Crippen molar-refractivity contribution in [3.05, 3.63) is 0 Å². The van der Waals surface area contributed by atoms with E-state index in [1.54, 1.807) is 9.80 Å². The fourth-order valence-electron chi connectivity index (χ4n) is 1.75. The van der Waals surface area contributed by atoms with Crippen molar-refractivity contribution in [3.8, 4) is 0 Å². The molecular formula is C13H24N2O4. The molecule has 0 bridgehead atoms. The lowest BCUT2D eigenvalue weighted by atomic mass is 10.2. The summed E-state index contributed by atoms with van der Waals surface area (Å²) in [4.78, 5) is 26.9. The molecule has 1 aliphatic heterocycles. The van der Waals surface area contributed by atoms with E-state index in [1.165, 1.54) is 0 Å². The number of amides is 2. The van der Waals surface area contributed by atoms with Crippen LogP contribution in [0.3, 0.4) is 0 Å². The highest BCUT2D eigenvalue weighted by Gasteiger charge is 2.27. The van der Waals surface area contributed by atoms with Gasteiger partial charge in [-0.25, -0.2) is 4.79 Å². The molecule has 0 aliphatic carbocycles. The Labute approximate surface area is 114 Å². The maximum absolute atomic E-state index is 11.8. The number of hydrogen-bond donors (Lipinski definition) is 0. The van der Waals surface area contributed by atoms with Gasteiger partial charge in [0.05, 0.1) is 0 Å². The minimum absolute atomic E-state index is 0.0225. The minimum Gasteiger partial charge on any atom is -0.444 e. The van der Waals surface area contributed by atoms with Crippen LogP contribution in [0.2, 0.25) is 0 Å². The fourth-order valence-corrected chi connectivity index (χ4v) is 1.75. The molecule has 0 saturated carbocycles. The Kier molecular flexibility index (Phi) is 5.60. The first kappa shape index (κ1) is 15.8. The van der Waals surface area contributed by atoms with E-state index < -0.39 is 5.60 Å². The van der Waals surface area contributed by atoms with Gasteiger partial charge in [0.15, 0.2) is 0 Å². The smallest absolute Gasteiger partial charge is 0.410 e. The first-order valence-corrected chi connectivity index (χ1v) is 6.67. The van der Waals surface area contributed by atoms with Gasteiger partial charge < -0.3 is 19.3 Å². The molecule has 1 heterocycles. The normalized spacial score (nSPS) is 16.4. The highest BCUT2D eigenvalue weighted by Crippen LogP contribution is 2.11. The van der Waals surface area contributed by atoms with Gasteiger partial charge >= 0.3 is 6.09 Å². The van der Waals surface area contributed by atoms with E-state index in [2.05, 4.69) is 0 Å². The van der Waals surface area contributed by atoms with Crippen molar-refractivity contribution in [3.63, 3.8) is 0 Å².